The average Bonchev–Trinajstić information content (AvgIpc) is 2.46. The molecule has 0 saturated heterocycles. The van der Waals surface area contributed by atoms with Crippen LogP contribution in [0.3, 0.4) is 0 Å². The fraction of sp³-hybridized carbons (Fsp3) is 0.133. The average molecular weight is 272 g/mol. The zero-order valence-electron chi connectivity index (χ0n) is 10.7. The highest BCUT2D eigenvalue weighted by molar-refractivity contribution is 7.98. The summed E-state index contributed by atoms with van der Waals surface area (Å²) in [4.78, 5) is 13.1. The summed E-state index contributed by atoms with van der Waals surface area (Å²) in [7, 11) is 0. The molecule has 0 aliphatic heterocycles. The molecule has 0 aliphatic carbocycles. The first-order valence-corrected chi connectivity index (χ1v) is 7.19. The monoisotopic (exact) mass is 272 g/mol. The van der Waals surface area contributed by atoms with Gasteiger partial charge in [-0.15, -0.1) is 11.8 Å². The van der Waals surface area contributed by atoms with E-state index in [4.69, 9.17) is 5.73 Å². The maximum Gasteiger partial charge on any atom is 0.252 e. The van der Waals surface area contributed by atoms with Crippen molar-refractivity contribution < 1.29 is 4.79 Å². The zero-order chi connectivity index (χ0) is 13.7. The van der Waals surface area contributed by atoms with Gasteiger partial charge in [0.25, 0.3) is 5.91 Å². The number of thioether (sulfide) groups is 1. The largest absolute Gasteiger partial charge is 0.398 e. The summed E-state index contributed by atoms with van der Waals surface area (Å²) < 4.78 is 0. The molecule has 0 unspecified atom stereocenters. The maximum atomic E-state index is 12.1. The molecule has 0 bridgehead atoms. The molecule has 1 amide bonds. The highest BCUT2D eigenvalue weighted by Gasteiger charge is 2.10. The molecular formula is C15H16N2OS. The van der Waals surface area contributed by atoms with Crippen molar-refractivity contribution in [3.63, 3.8) is 0 Å². The topological polar surface area (TPSA) is 55.1 Å². The van der Waals surface area contributed by atoms with Crippen molar-refractivity contribution in [2.45, 2.75) is 11.4 Å². The normalized spacial score (nSPS) is 10.2. The number of anilines is 1. The van der Waals surface area contributed by atoms with Crippen LogP contribution in [-0.2, 0) is 6.54 Å². The molecule has 0 fully saturated rings. The second-order valence-corrected chi connectivity index (χ2v) is 4.93. The minimum Gasteiger partial charge on any atom is -0.398 e. The van der Waals surface area contributed by atoms with Crippen molar-refractivity contribution in [3.05, 3.63) is 59.7 Å². The molecule has 98 valence electrons. The summed E-state index contributed by atoms with van der Waals surface area (Å²) in [6.07, 6.45) is 1.96. The first-order chi connectivity index (χ1) is 9.22. The number of hydrogen-bond acceptors (Lipinski definition) is 3. The van der Waals surface area contributed by atoms with Crippen LogP contribution in [0, 0.1) is 0 Å². The van der Waals surface area contributed by atoms with E-state index in [0.29, 0.717) is 17.8 Å². The summed E-state index contributed by atoms with van der Waals surface area (Å²) in [5.74, 6) is -0.0757. The second kappa shape index (κ2) is 6.29. The molecule has 0 heterocycles. The quantitative estimate of drug-likeness (QED) is 0.664. The van der Waals surface area contributed by atoms with Crippen molar-refractivity contribution in [3.8, 4) is 0 Å². The van der Waals surface area contributed by atoms with Gasteiger partial charge in [-0.25, -0.2) is 0 Å². The van der Waals surface area contributed by atoms with E-state index in [1.165, 1.54) is 0 Å². The lowest BCUT2D eigenvalue weighted by atomic mass is 10.1. The highest BCUT2D eigenvalue weighted by Crippen LogP contribution is 2.20. The Kier molecular flexibility index (Phi) is 4.47. The first-order valence-electron chi connectivity index (χ1n) is 5.97. The van der Waals surface area contributed by atoms with Crippen LogP contribution < -0.4 is 11.1 Å². The van der Waals surface area contributed by atoms with Gasteiger partial charge >= 0.3 is 0 Å². The number of benzene rings is 2. The van der Waals surface area contributed by atoms with Gasteiger partial charge in [0.2, 0.25) is 0 Å². The van der Waals surface area contributed by atoms with Crippen LogP contribution in [0.1, 0.15) is 15.9 Å². The number of nitrogen functional groups attached to an aromatic ring is 1. The van der Waals surface area contributed by atoms with Crippen LogP contribution in [0.25, 0.3) is 0 Å². The molecule has 19 heavy (non-hydrogen) atoms. The van der Waals surface area contributed by atoms with Crippen molar-refractivity contribution >= 4 is 23.4 Å². The Morgan fingerprint density at radius 2 is 1.84 bits per heavy atom. The zero-order valence-corrected chi connectivity index (χ0v) is 11.5. The first kappa shape index (κ1) is 13.5. The van der Waals surface area contributed by atoms with Gasteiger partial charge < -0.3 is 11.1 Å². The van der Waals surface area contributed by atoms with E-state index in [-0.39, 0.29) is 5.91 Å². The van der Waals surface area contributed by atoms with Crippen molar-refractivity contribution in [1.82, 2.24) is 5.32 Å². The Bertz CT molecular complexity index is 584. The Morgan fingerprint density at radius 1 is 1.16 bits per heavy atom. The molecular weight excluding hydrogens is 256 g/mol. The molecule has 0 spiro atoms. The third-order valence-corrected chi connectivity index (χ3v) is 3.64. The third-order valence-electron chi connectivity index (χ3n) is 2.85. The predicted molar refractivity (Wildman–Crippen MR) is 80.2 cm³/mol. The van der Waals surface area contributed by atoms with E-state index < -0.39 is 0 Å². The van der Waals surface area contributed by atoms with Gasteiger partial charge in [-0.05, 0) is 30.0 Å². The molecule has 0 aromatic heterocycles. The van der Waals surface area contributed by atoms with Gasteiger partial charge in [0.05, 0.1) is 5.56 Å². The summed E-state index contributed by atoms with van der Waals surface area (Å²) in [6, 6.07) is 15.1. The molecule has 2 rings (SSSR count). The van der Waals surface area contributed by atoms with Crippen LogP contribution in [0.4, 0.5) is 5.69 Å². The van der Waals surface area contributed by atoms with Gasteiger partial charge in [0.15, 0.2) is 0 Å². The van der Waals surface area contributed by atoms with Gasteiger partial charge in [0, 0.05) is 17.1 Å². The fourth-order valence-electron chi connectivity index (χ4n) is 1.80. The fourth-order valence-corrected chi connectivity index (χ4v) is 2.39. The third kappa shape index (κ3) is 3.29. The molecule has 0 aliphatic rings. The lowest BCUT2D eigenvalue weighted by Crippen LogP contribution is -2.23. The molecule has 0 atom stereocenters. The summed E-state index contributed by atoms with van der Waals surface area (Å²) in [5, 5.41) is 2.90. The van der Waals surface area contributed by atoms with Crippen molar-refractivity contribution in [2.75, 3.05) is 12.0 Å². The second-order valence-electron chi connectivity index (χ2n) is 4.08. The van der Waals surface area contributed by atoms with E-state index in [2.05, 4.69) is 5.32 Å². The van der Waals surface area contributed by atoms with E-state index in [0.717, 1.165) is 10.5 Å². The highest BCUT2D eigenvalue weighted by atomic mass is 32.2. The maximum absolute atomic E-state index is 12.1. The van der Waals surface area contributed by atoms with Gasteiger partial charge in [-0.3, -0.25) is 4.79 Å². The summed E-state index contributed by atoms with van der Waals surface area (Å²) in [5.41, 5.74) is 8.17. The molecule has 3 N–H and O–H groups in total. The molecule has 4 heteroatoms. The molecule has 2 aromatic rings. The van der Waals surface area contributed by atoms with E-state index in [1.807, 2.05) is 54.8 Å². The number of carbonyl (C=O) groups is 1. The minimum atomic E-state index is -0.0757. The van der Waals surface area contributed by atoms with E-state index in [1.54, 1.807) is 11.8 Å². The molecule has 0 radical (unpaired) electrons. The lowest BCUT2D eigenvalue weighted by Gasteiger charge is -2.09. The van der Waals surface area contributed by atoms with Crippen LogP contribution in [0.5, 0.6) is 0 Å². The van der Waals surface area contributed by atoms with Crippen LogP contribution >= 0.6 is 11.8 Å². The number of amides is 1. The van der Waals surface area contributed by atoms with Gasteiger partial charge in [0.1, 0.15) is 0 Å². The number of hydrogen-bond donors (Lipinski definition) is 2. The SMILES string of the molecule is CSc1ccccc1C(=O)NCc1ccccc1N. The molecule has 2 aromatic carbocycles. The number of carbonyl (C=O) groups excluding carboxylic acids is 1. The summed E-state index contributed by atoms with van der Waals surface area (Å²) in [6.45, 7) is 0.439. The Morgan fingerprint density at radius 3 is 2.58 bits per heavy atom. The number of para-hydroxylation sites is 1. The molecule has 0 saturated carbocycles. The summed E-state index contributed by atoms with van der Waals surface area (Å²) >= 11 is 1.56. The number of nitrogens with two attached hydrogens (primary N) is 1. The van der Waals surface area contributed by atoms with Crippen molar-refractivity contribution in [2.24, 2.45) is 0 Å². The van der Waals surface area contributed by atoms with Crippen LogP contribution in [0.2, 0.25) is 0 Å². The van der Waals surface area contributed by atoms with E-state index >= 15 is 0 Å². The molecule has 3 nitrogen and oxygen atoms in total. The van der Waals surface area contributed by atoms with Crippen LogP contribution in [0.15, 0.2) is 53.4 Å². The lowest BCUT2D eigenvalue weighted by molar-refractivity contribution is 0.0948. The standard InChI is InChI=1S/C15H16N2OS/c1-19-14-9-5-3-7-12(14)15(18)17-10-11-6-2-4-8-13(11)16/h2-9H,10,16H2,1H3,(H,17,18). The minimum absolute atomic E-state index is 0.0757. The van der Waals surface area contributed by atoms with Gasteiger partial charge in [-0.2, -0.15) is 0 Å². The number of rotatable bonds is 4. The van der Waals surface area contributed by atoms with E-state index in [9.17, 15) is 4.79 Å². The Hall–Kier alpha value is -1.94. The smallest absolute Gasteiger partial charge is 0.252 e. The Balaban J connectivity index is 2.08. The van der Waals surface area contributed by atoms with Crippen molar-refractivity contribution in [1.29, 1.82) is 0 Å². The van der Waals surface area contributed by atoms with Gasteiger partial charge in [-0.1, -0.05) is 30.3 Å². The van der Waals surface area contributed by atoms with Crippen LogP contribution in [-0.4, -0.2) is 12.2 Å². The Labute approximate surface area is 117 Å². The number of nitrogens with one attached hydrogen (secondary N) is 1. The predicted octanol–water partition coefficient (Wildman–Crippen LogP) is 2.92.